The molecule has 0 bridgehead atoms. The molecule has 2 aromatic carbocycles. The van der Waals surface area contributed by atoms with E-state index >= 15 is 0 Å². The fourth-order valence-corrected chi connectivity index (χ4v) is 4.63. The number of rotatable bonds is 3. The van der Waals surface area contributed by atoms with Crippen molar-refractivity contribution in [3.63, 3.8) is 0 Å². The third-order valence-electron chi connectivity index (χ3n) is 5.05. The van der Waals surface area contributed by atoms with Crippen molar-refractivity contribution in [2.75, 3.05) is 11.9 Å². The summed E-state index contributed by atoms with van der Waals surface area (Å²) in [6.07, 6.45) is 2.70. The molecular weight excluding hydrogens is 332 g/mol. The highest BCUT2D eigenvalue weighted by Gasteiger charge is 2.32. The average Bonchev–Trinajstić information content (AvgIpc) is 2.93. The van der Waals surface area contributed by atoms with Crippen LogP contribution in [0.5, 0.6) is 0 Å². The molecule has 128 valence electrons. The van der Waals surface area contributed by atoms with E-state index in [-0.39, 0.29) is 16.4 Å². The highest BCUT2D eigenvalue weighted by atomic mass is 32.2. The summed E-state index contributed by atoms with van der Waals surface area (Å²) in [5.74, 6) is -0.172. The molecule has 4 rings (SSSR count). The predicted octanol–water partition coefficient (Wildman–Crippen LogP) is 3.70. The van der Waals surface area contributed by atoms with Crippen LogP contribution in [0.25, 0.3) is 0 Å². The minimum atomic E-state index is -0.302. The Morgan fingerprint density at radius 3 is 2.68 bits per heavy atom. The largest absolute Gasteiger partial charge is 0.367 e. The Morgan fingerprint density at radius 2 is 1.96 bits per heavy atom. The predicted molar refractivity (Wildman–Crippen MR) is 101 cm³/mol. The molecule has 0 aliphatic carbocycles. The highest BCUT2D eigenvalue weighted by molar-refractivity contribution is 8.15. The zero-order chi connectivity index (χ0) is 17.4. The third kappa shape index (κ3) is 3.16. The molecule has 0 aromatic heterocycles. The summed E-state index contributed by atoms with van der Waals surface area (Å²) in [6, 6.07) is 17.4. The molecule has 2 atom stereocenters. The number of imide groups is 1. The molecule has 2 unspecified atom stereocenters. The third-order valence-corrected chi connectivity index (χ3v) is 6.03. The number of nitrogens with one attached hydrogen (secondary N) is 1. The molecule has 0 saturated carbocycles. The second-order valence-corrected chi connectivity index (χ2v) is 7.80. The molecule has 0 radical (unpaired) electrons. The van der Waals surface area contributed by atoms with E-state index in [0.717, 1.165) is 30.2 Å². The van der Waals surface area contributed by atoms with Crippen LogP contribution < -0.4 is 10.2 Å². The van der Waals surface area contributed by atoms with Gasteiger partial charge in [-0.25, -0.2) is 0 Å². The van der Waals surface area contributed by atoms with Crippen LogP contribution >= 0.6 is 11.8 Å². The summed E-state index contributed by atoms with van der Waals surface area (Å²) in [7, 11) is 2.15. The molecule has 1 fully saturated rings. The maximum absolute atomic E-state index is 11.8. The molecule has 2 aromatic rings. The molecule has 0 spiro atoms. The Bertz CT molecular complexity index is 822. The molecule has 1 N–H and O–H groups in total. The number of amides is 2. The molecular formula is C20H20N2O2S. The standard InChI is InChI=1S/C20H20N2O2S/c1-22-16(14-5-3-2-4-6-14)10-8-15-11-13(7-9-17(15)22)12-18-19(23)21-20(24)25-18/h2-7,9,11,16,18H,8,10,12H2,1H3,(H,21,23,24). The Morgan fingerprint density at radius 1 is 1.16 bits per heavy atom. The molecule has 2 aliphatic rings. The number of fused-ring (bicyclic) bond motifs is 1. The lowest BCUT2D eigenvalue weighted by atomic mass is 9.90. The van der Waals surface area contributed by atoms with E-state index in [0.29, 0.717) is 12.5 Å². The first-order chi connectivity index (χ1) is 12.1. The first kappa shape index (κ1) is 16.2. The van der Waals surface area contributed by atoms with Crippen molar-refractivity contribution in [2.45, 2.75) is 30.6 Å². The van der Waals surface area contributed by atoms with Gasteiger partial charge in [0.15, 0.2) is 0 Å². The van der Waals surface area contributed by atoms with Gasteiger partial charge in [0.2, 0.25) is 5.91 Å². The van der Waals surface area contributed by atoms with Crippen LogP contribution in [0.4, 0.5) is 10.5 Å². The van der Waals surface area contributed by atoms with Crippen LogP contribution in [-0.2, 0) is 17.6 Å². The summed E-state index contributed by atoms with van der Waals surface area (Å²) in [5.41, 5.74) is 5.04. The van der Waals surface area contributed by atoms with Gasteiger partial charge in [-0.2, -0.15) is 0 Å². The van der Waals surface area contributed by atoms with Gasteiger partial charge in [-0.15, -0.1) is 0 Å². The lowest BCUT2D eigenvalue weighted by Gasteiger charge is -2.36. The van der Waals surface area contributed by atoms with Crippen molar-refractivity contribution in [1.29, 1.82) is 0 Å². The van der Waals surface area contributed by atoms with Crippen molar-refractivity contribution < 1.29 is 9.59 Å². The second kappa shape index (κ2) is 6.56. The van der Waals surface area contributed by atoms with E-state index in [4.69, 9.17) is 0 Å². The minimum Gasteiger partial charge on any atom is -0.367 e. The highest BCUT2D eigenvalue weighted by Crippen LogP contribution is 2.38. The van der Waals surface area contributed by atoms with Gasteiger partial charge in [-0.05, 0) is 42.0 Å². The molecule has 2 heterocycles. The number of nitrogens with zero attached hydrogens (tertiary/aromatic N) is 1. The number of hydrogen-bond donors (Lipinski definition) is 1. The van der Waals surface area contributed by atoms with E-state index in [9.17, 15) is 9.59 Å². The fourth-order valence-electron chi connectivity index (χ4n) is 3.77. The SMILES string of the molecule is CN1c2ccc(CC3SC(=O)NC3=O)cc2CCC1c1ccccc1. The number of benzene rings is 2. The maximum Gasteiger partial charge on any atom is 0.286 e. The van der Waals surface area contributed by atoms with Gasteiger partial charge in [0, 0.05) is 12.7 Å². The Kier molecular flexibility index (Phi) is 4.25. The van der Waals surface area contributed by atoms with Gasteiger partial charge < -0.3 is 4.90 Å². The van der Waals surface area contributed by atoms with E-state index in [2.05, 4.69) is 65.8 Å². The van der Waals surface area contributed by atoms with Crippen molar-refractivity contribution in [2.24, 2.45) is 0 Å². The summed E-state index contributed by atoms with van der Waals surface area (Å²) in [5, 5.41) is 1.82. The zero-order valence-corrected chi connectivity index (χ0v) is 14.9. The van der Waals surface area contributed by atoms with E-state index in [1.54, 1.807) is 0 Å². The number of thioether (sulfide) groups is 1. The van der Waals surface area contributed by atoms with Gasteiger partial charge in [-0.1, -0.05) is 54.2 Å². The van der Waals surface area contributed by atoms with E-state index in [1.165, 1.54) is 16.8 Å². The smallest absolute Gasteiger partial charge is 0.286 e. The minimum absolute atomic E-state index is 0.172. The number of carbonyl (C=O) groups is 2. The Hall–Kier alpha value is -2.27. The van der Waals surface area contributed by atoms with Crippen LogP contribution in [0.3, 0.4) is 0 Å². The second-order valence-electron chi connectivity index (χ2n) is 6.63. The van der Waals surface area contributed by atoms with E-state index in [1.807, 2.05) is 0 Å². The van der Waals surface area contributed by atoms with Crippen LogP contribution in [0, 0.1) is 0 Å². The molecule has 2 aliphatic heterocycles. The number of aryl methyl sites for hydroxylation is 1. The molecule has 5 heteroatoms. The van der Waals surface area contributed by atoms with Crippen LogP contribution in [0.2, 0.25) is 0 Å². The van der Waals surface area contributed by atoms with Gasteiger partial charge in [0.1, 0.15) is 0 Å². The van der Waals surface area contributed by atoms with Crippen molar-refractivity contribution >= 4 is 28.6 Å². The van der Waals surface area contributed by atoms with Crippen LogP contribution in [-0.4, -0.2) is 23.4 Å². The van der Waals surface area contributed by atoms with Gasteiger partial charge >= 0.3 is 0 Å². The first-order valence-electron chi connectivity index (χ1n) is 8.53. The lowest BCUT2D eigenvalue weighted by Crippen LogP contribution is -2.29. The normalized spacial score (nSPS) is 22.7. The monoisotopic (exact) mass is 352 g/mol. The molecule has 2 amide bonds. The summed E-state index contributed by atoms with van der Waals surface area (Å²) in [6.45, 7) is 0. The topological polar surface area (TPSA) is 49.4 Å². The van der Waals surface area contributed by atoms with Crippen molar-refractivity contribution in [3.05, 3.63) is 65.2 Å². The average molecular weight is 352 g/mol. The zero-order valence-electron chi connectivity index (χ0n) is 14.1. The molecule has 1 saturated heterocycles. The van der Waals surface area contributed by atoms with Crippen LogP contribution in [0.15, 0.2) is 48.5 Å². The van der Waals surface area contributed by atoms with Gasteiger partial charge in [0.25, 0.3) is 5.24 Å². The number of hydrogen-bond acceptors (Lipinski definition) is 4. The van der Waals surface area contributed by atoms with Gasteiger partial charge in [-0.3, -0.25) is 14.9 Å². The lowest BCUT2D eigenvalue weighted by molar-refractivity contribution is -0.118. The Labute approximate surface area is 151 Å². The number of anilines is 1. The van der Waals surface area contributed by atoms with Crippen LogP contribution in [0.1, 0.15) is 29.2 Å². The fraction of sp³-hybridized carbons (Fsp3) is 0.300. The Balaban J connectivity index is 1.54. The summed E-state index contributed by atoms with van der Waals surface area (Å²) < 4.78 is 0. The number of carbonyl (C=O) groups excluding carboxylic acids is 2. The first-order valence-corrected chi connectivity index (χ1v) is 9.41. The molecule has 25 heavy (non-hydrogen) atoms. The van der Waals surface area contributed by atoms with Crippen molar-refractivity contribution in [3.8, 4) is 0 Å². The molecule has 4 nitrogen and oxygen atoms in total. The summed E-state index contributed by atoms with van der Waals surface area (Å²) in [4.78, 5) is 25.4. The van der Waals surface area contributed by atoms with E-state index < -0.39 is 0 Å². The van der Waals surface area contributed by atoms with Crippen molar-refractivity contribution in [1.82, 2.24) is 5.32 Å². The maximum atomic E-state index is 11.8. The summed E-state index contributed by atoms with van der Waals surface area (Å²) >= 11 is 1.09. The quantitative estimate of drug-likeness (QED) is 0.915. The van der Waals surface area contributed by atoms with Gasteiger partial charge in [0.05, 0.1) is 11.3 Å².